The van der Waals surface area contributed by atoms with Gasteiger partial charge in [-0.3, -0.25) is 0 Å². The van der Waals surface area contributed by atoms with E-state index in [1.54, 1.807) is 0 Å². The number of rotatable bonds is 1. The molecule has 0 aromatic heterocycles. The van der Waals surface area contributed by atoms with Crippen molar-refractivity contribution in [2.45, 2.75) is 18.9 Å². The van der Waals surface area contributed by atoms with Gasteiger partial charge >= 0.3 is 0 Å². The van der Waals surface area contributed by atoms with E-state index < -0.39 is 0 Å². The molecule has 0 aliphatic carbocycles. The van der Waals surface area contributed by atoms with E-state index in [2.05, 4.69) is 6.07 Å². The van der Waals surface area contributed by atoms with Gasteiger partial charge in [-0.1, -0.05) is 18.2 Å². The van der Waals surface area contributed by atoms with Gasteiger partial charge in [0.2, 0.25) is 0 Å². The highest BCUT2D eigenvalue weighted by Crippen LogP contribution is 2.26. The van der Waals surface area contributed by atoms with Gasteiger partial charge < -0.3 is 9.84 Å². The quantitative estimate of drug-likeness (QED) is 0.679. The minimum Gasteiger partial charge on any atom is -0.488 e. The standard InChI is InChI=1S/C10H12O2/c11-7-9-6-5-8-3-1-2-4-10(8)12-9/h1-4,9,11H,5-7H2. The van der Waals surface area contributed by atoms with Gasteiger partial charge in [0, 0.05) is 0 Å². The Balaban J connectivity index is 2.23. The monoisotopic (exact) mass is 164 g/mol. The number of aliphatic hydroxyl groups excluding tert-OH is 1. The second-order valence-corrected chi connectivity index (χ2v) is 3.07. The summed E-state index contributed by atoms with van der Waals surface area (Å²) < 4.78 is 5.53. The van der Waals surface area contributed by atoms with Crippen molar-refractivity contribution in [2.24, 2.45) is 0 Å². The van der Waals surface area contributed by atoms with Gasteiger partial charge in [0.1, 0.15) is 11.9 Å². The average Bonchev–Trinajstić information content (AvgIpc) is 2.17. The van der Waals surface area contributed by atoms with Crippen LogP contribution < -0.4 is 4.74 Å². The van der Waals surface area contributed by atoms with Gasteiger partial charge in [-0.05, 0) is 24.5 Å². The van der Waals surface area contributed by atoms with Crippen LogP contribution in [-0.2, 0) is 6.42 Å². The van der Waals surface area contributed by atoms with Crippen LogP contribution >= 0.6 is 0 Å². The van der Waals surface area contributed by atoms with Crippen molar-refractivity contribution in [3.8, 4) is 5.75 Å². The summed E-state index contributed by atoms with van der Waals surface area (Å²) in [5.74, 6) is 0.933. The second kappa shape index (κ2) is 3.15. The number of para-hydroxylation sites is 1. The Morgan fingerprint density at radius 3 is 3.08 bits per heavy atom. The van der Waals surface area contributed by atoms with E-state index in [-0.39, 0.29) is 12.7 Å². The Hall–Kier alpha value is -1.02. The molecule has 1 aromatic carbocycles. The van der Waals surface area contributed by atoms with Crippen LogP contribution in [0.2, 0.25) is 0 Å². The lowest BCUT2D eigenvalue weighted by Crippen LogP contribution is -2.25. The van der Waals surface area contributed by atoms with Crippen LogP contribution in [0.5, 0.6) is 5.75 Å². The van der Waals surface area contributed by atoms with Crippen LogP contribution in [0.3, 0.4) is 0 Å². The topological polar surface area (TPSA) is 29.5 Å². The summed E-state index contributed by atoms with van der Waals surface area (Å²) in [6, 6.07) is 8.00. The molecule has 0 saturated carbocycles. The zero-order chi connectivity index (χ0) is 8.39. The lowest BCUT2D eigenvalue weighted by molar-refractivity contribution is 0.0978. The third-order valence-corrected chi connectivity index (χ3v) is 2.21. The largest absolute Gasteiger partial charge is 0.488 e. The molecule has 64 valence electrons. The minimum absolute atomic E-state index is 0.0000926. The predicted octanol–water partition coefficient (Wildman–Crippen LogP) is 1.37. The zero-order valence-electron chi connectivity index (χ0n) is 6.86. The third kappa shape index (κ3) is 1.30. The minimum atomic E-state index is -0.0000926. The van der Waals surface area contributed by atoms with Gasteiger partial charge in [-0.15, -0.1) is 0 Å². The van der Waals surface area contributed by atoms with E-state index in [0.717, 1.165) is 18.6 Å². The highest BCUT2D eigenvalue weighted by Gasteiger charge is 2.17. The number of hydrogen-bond acceptors (Lipinski definition) is 2. The maximum absolute atomic E-state index is 8.89. The van der Waals surface area contributed by atoms with Crippen LogP contribution in [0.1, 0.15) is 12.0 Å². The van der Waals surface area contributed by atoms with E-state index in [0.29, 0.717) is 0 Å². The molecule has 0 radical (unpaired) electrons. The van der Waals surface area contributed by atoms with E-state index in [4.69, 9.17) is 9.84 Å². The summed E-state index contributed by atoms with van der Waals surface area (Å²) in [6.45, 7) is 0.119. The number of benzene rings is 1. The fraction of sp³-hybridized carbons (Fsp3) is 0.400. The third-order valence-electron chi connectivity index (χ3n) is 2.21. The fourth-order valence-corrected chi connectivity index (χ4v) is 1.51. The summed E-state index contributed by atoms with van der Waals surface area (Å²) in [5.41, 5.74) is 1.25. The molecule has 2 heteroatoms. The van der Waals surface area contributed by atoms with Crippen molar-refractivity contribution in [1.82, 2.24) is 0 Å². The summed E-state index contributed by atoms with van der Waals surface area (Å²) in [5, 5.41) is 8.89. The van der Waals surface area contributed by atoms with Gasteiger partial charge in [0.15, 0.2) is 0 Å². The molecule has 1 atom stereocenters. The molecule has 1 aromatic rings. The SMILES string of the molecule is OCC1CCc2ccccc2O1. The van der Waals surface area contributed by atoms with Crippen LogP contribution in [0.15, 0.2) is 24.3 Å². The molecule has 1 unspecified atom stereocenters. The Labute approximate surface area is 71.8 Å². The zero-order valence-corrected chi connectivity index (χ0v) is 6.86. The number of hydrogen-bond donors (Lipinski definition) is 1. The molecule has 0 spiro atoms. The predicted molar refractivity (Wildman–Crippen MR) is 46.3 cm³/mol. The summed E-state index contributed by atoms with van der Waals surface area (Å²) >= 11 is 0. The van der Waals surface area contributed by atoms with Crippen molar-refractivity contribution in [3.05, 3.63) is 29.8 Å². The number of aryl methyl sites for hydroxylation is 1. The molecule has 2 nitrogen and oxygen atoms in total. The molecular formula is C10H12O2. The van der Waals surface area contributed by atoms with E-state index in [9.17, 15) is 0 Å². The normalized spacial score (nSPS) is 21.2. The number of fused-ring (bicyclic) bond motifs is 1. The lowest BCUT2D eigenvalue weighted by Gasteiger charge is -2.24. The molecule has 0 saturated heterocycles. The second-order valence-electron chi connectivity index (χ2n) is 3.07. The van der Waals surface area contributed by atoms with Crippen molar-refractivity contribution in [2.75, 3.05) is 6.61 Å². The van der Waals surface area contributed by atoms with E-state index in [1.807, 2.05) is 18.2 Å². The molecule has 0 bridgehead atoms. The van der Waals surface area contributed by atoms with Gasteiger partial charge in [0.25, 0.3) is 0 Å². The molecule has 0 fully saturated rings. The van der Waals surface area contributed by atoms with E-state index in [1.165, 1.54) is 5.56 Å². The Bertz CT molecular complexity index is 270. The number of aliphatic hydroxyl groups is 1. The molecule has 2 rings (SSSR count). The molecule has 1 aliphatic heterocycles. The molecular weight excluding hydrogens is 152 g/mol. The maximum Gasteiger partial charge on any atom is 0.123 e. The van der Waals surface area contributed by atoms with E-state index >= 15 is 0 Å². The van der Waals surface area contributed by atoms with Crippen molar-refractivity contribution >= 4 is 0 Å². The summed E-state index contributed by atoms with van der Waals surface area (Å²) in [4.78, 5) is 0. The van der Waals surface area contributed by atoms with Gasteiger partial charge in [-0.2, -0.15) is 0 Å². The van der Waals surface area contributed by atoms with Crippen LogP contribution in [-0.4, -0.2) is 17.8 Å². The van der Waals surface area contributed by atoms with Gasteiger partial charge in [-0.25, -0.2) is 0 Å². The van der Waals surface area contributed by atoms with Crippen LogP contribution in [0.4, 0.5) is 0 Å². The first-order valence-electron chi connectivity index (χ1n) is 4.25. The summed E-state index contributed by atoms with van der Waals surface area (Å²) in [7, 11) is 0. The highest BCUT2D eigenvalue weighted by atomic mass is 16.5. The Morgan fingerprint density at radius 1 is 1.42 bits per heavy atom. The average molecular weight is 164 g/mol. The van der Waals surface area contributed by atoms with Gasteiger partial charge in [0.05, 0.1) is 6.61 Å². The van der Waals surface area contributed by atoms with Crippen LogP contribution in [0.25, 0.3) is 0 Å². The molecule has 0 amide bonds. The van der Waals surface area contributed by atoms with Crippen LogP contribution in [0, 0.1) is 0 Å². The summed E-state index contributed by atoms with van der Waals surface area (Å²) in [6.07, 6.45) is 1.94. The lowest BCUT2D eigenvalue weighted by atomic mass is 10.0. The van der Waals surface area contributed by atoms with Crippen molar-refractivity contribution in [3.63, 3.8) is 0 Å². The van der Waals surface area contributed by atoms with Crippen molar-refractivity contribution < 1.29 is 9.84 Å². The Morgan fingerprint density at radius 2 is 2.25 bits per heavy atom. The first-order valence-corrected chi connectivity index (χ1v) is 4.25. The number of ether oxygens (including phenoxy) is 1. The van der Waals surface area contributed by atoms with Crippen molar-refractivity contribution in [1.29, 1.82) is 0 Å². The fourth-order valence-electron chi connectivity index (χ4n) is 1.51. The molecule has 1 heterocycles. The Kier molecular flexibility index (Phi) is 2.00. The smallest absolute Gasteiger partial charge is 0.123 e. The highest BCUT2D eigenvalue weighted by molar-refractivity contribution is 5.35. The maximum atomic E-state index is 8.89. The first-order chi connectivity index (χ1) is 5.90. The first kappa shape index (κ1) is 7.62. The molecule has 12 heavy (non-hydrogen) atoms. The molecule has 1 N–H and O–H groups in total. The molecule has 1 aliphatic rings.